The fourth-order valence-electron chi connectivity index (χ4n) is 4.76. The third-order valence-electron chi connectivity index (χ3n) is 6.29. The molecule has 0 atom stereocenters. The van der Waals surface area contributed by atoms with Crippen LogP contribution in [0.1, 0.15) is 30.0 Å². The number of benzene rings is 2. The monoisotopic (exact) mass is 519 g/mol. The van der Waals surface area contributed by atoms with Crippen LogP contribution in [0.15, 0.2) is 42.5 Å². The van der Waals surface area contributed by atoms with Gasteiger partial charge in [-0.25, -0.2) is 4.79 Å². The molecular weight excluding hydrogens is 491 g/mol. The Hall–Kier alpha value is -3.57. The van der Waals surface area contributed by atoms with Crippen molar-refractivity contribution >= 4 is 28.9 Å². The molecule has 0 saturated carbocycles. The molecule has 4 rings (SSSR count). The number of urea groups is 1. The van der Waals surface area contributed by atoms with Crippen LogP contribution in [-0.4, -0.2) is 51.5 Å². The smallest absolute Gasteiger partial charge is 0.416 e. The zero-order valence-electron chi connectivity index (χ0n) is 20.7. The number of halogens is 3. The van der Waals surface area contributed by atoms with E-state index in [0.717, 1.165) is 17.7 Å². The molecule has 0 fully saturated rings. The van der Waals surface area contributed by atoms with Crippen molar-refractivity contribution < 1.29 is 37.0 Å². The maximum atomic E-state index is 13.4. The molecular formula is C26H28F3N3O5. The fourth-order valence-corrected chi connectivity index (χ4v) is 4.76. The van der Waals surface area contributed by atoms with Gasteiger partial charge in [-0.05, 0) is 36.8 Å². The number of amides is 3. The lowest BCUT2D eigenvalue weighted by molar-refractivity contribution is -0.138. The lowest BCUT2D eigenvalue weighted by Gasteiger charge is -2.39. The fraction of sp³-hybridized carbons (Fsp3) is 0.385. The lowest BCUT2D eigenvalue weighted by atomic mass is 9.86. The second-order valence-electron chi connectivity index (χ2n) is 8.90. The SMILES string of the molecule is CCN1C(=O)NCc2c(NC(=O)/C=C3\CC(COC)(COC)Oc4cc(C(F)(F)F)ccc43)cccc21. The van der Waals surface area contributed by atoms with E-state index < -0.39 is 23.2 Å². The first-order valence-electron chi connectivity index (χ1n) is 11.7. The van der Waals surface area contributed by atoms with Gasteiger partial charge < -0.3 is 24.8 Å². The van der Waals surface area contributed by atoms with Crippen LogP contribution in [0.3, 0.4) is 0 Å². The second-order valence-corrected chi connectivity index (χ2v) is 8.90. The Morgan fingerprint density at radius 2 is 1.95 bits per heavy atom. The molecule has 0 spiro atoms. The van der Waals surface area contributed by atoms with Gasteiger partial charge in [-0.2, -0.15) is 13.2 Å². The van der Waals surface area contributed by atoms with E-state index in [1.165, 1.54) is 26.4 Å². The summed E-state index contributed by atoms with van der Waals surface area (Å²) >= 11 is 0. The van der Waals surface area contributed by atoms with Gasteiger partial charge in [0, 0.05) is 56.6 Å². The van der Waals surface area contributed by atoms with Crippen molar-refractivity contribution in [1.82, 2.24) is 5.32 Å². The Bertz CT molecular complexity index is 1220. The Balaban J connectivity index is 1.70. The van der Waals surface area contributed by atoms with E-state index >= 15 is 0 Å². The van der Waals surface area contributed by atoms with Gasteiger partial charge in [0.15, 0.2) is 5.60 Å². The minimum atomic E-state index is -4.56. The number of hydrogen-bond donors (Lipinski definition) is 2. The van der Waals surface area contributed by atoms with E-state index in [1.54, 1.807) is 17.0 Å². The van der Waals surface area contributed by atoms with E-state index in [2.05, 4.69) is 10.6 Å². The molecule has 0 saturated heterocycles. The second kappa shape index (κ2) is 10.4. The third-order valence-corrected chi connectivity index (χ3v) is 6.29. The number of anilines is 2. The van der Waals surface area contributed by atoms with E-state index in [0.29, 0.717) is 29.1 Å². The van der Waals surface area contributed by atoms with Gasteiger partial charge in [-0.3, -0.25) is 9.69 Å². The van der Waals surface area contributed by atoms with Crippen LogP contribution in [0.4, 0.5) is 29.3 Å². The normalized spacial score (nSPS) is 17.5. The van der Waals surface area contributed by atoms with Gasteiger partial charge in [0.25, 0.3) is 0 Å². The number of methoxy groups -OCH3 is 2. The molecule has 2 aromatic carbocycles. The van der Waals surface area contributed by atoms with Gasteiger partial charge in [0.2, 0.25) is 5.91 Å². The highest BCUT2D eigenvalue weighted by Crippen LogP contribution is 2.44. The minimum absolute atomic E-state index is 0.00684. The van der Waals surface area contributed by atoms with Crippen LogP contribution >= 0.6 is 0 Å². The van der Waals surface area contributed by atoms with Crippen molar-refractivity contribution in [1.29, 1.82) is 0 Å². The van der Waals surface area contributed by atoms with Crippen molar-refractivity contribution in [2.24, 2.45) is 0 Å². The van der Waals surface area contributed by atoms with E-state index in [1.807, 2.05) is 13.0 Å². The number of rotatable bonds is 7. The summed E-state index contributed by atoms with van der Waals surface area (Å²) in [6.45, 7) is 2.63. The first-order valence-corrected chi connectivity index (χ1v) is 11.7. The molecule has 8 nitrogen and oxygen atoms in total. The first-order chi connectivity index (χ1) is 17.6. The van der Waals surface area contributed by atoms with E-state index in [-0.39, 0.29) is 38.0 Å². The minimum Gasteiger partial charge on any atom is -0.481 e. The predicted molar refractivity (Wildman–Crippen MR) is 131 cm³/mol. The van der Waals surface area contributed by atoms with Crippen molar-refractivity contribution in [3.05, 3.63) is 59.2 Å². The summed E-state index contributed by atoms with van der Waals surface area (Å²) in [6, 6.07) is 8.26. The molecule has 3 amide bonds. The Morgan fingerprint density at radius 3 is 2.59 bits per heavy atom. The Kier molecular flexibility index (Phi) is 7.47. The molecule has 11 heteroatoms. The molecule has 2 aromatic rings. The average molecular weight is 520 g/mol. The largest absolute Gasteiger partial charge is 0.481 e. The van der Waals surface area contributed by atoms with E-state index in [9.17, 15) is 22.8 Å². The summed E-state index contributed by atoms with van der Waals surface area (Å²) in [6.07, 6.45) is -3.03. The first kappa shape index (κ1) is 26.5. The van der Waals surface area contributed by atoms with Crippen LogP contribution in [0.2, 0.25) is 0 Å². The van der Waals surface area contributed by atoms with Crippen molar-refractivity contribution in [3.8, 4) is 5.75 Å². The van der Waals surface area contributed by atoms with Gasteiger partial charge >= 0.3 is 12.2 Å². The number of nitrogens with one attached hydrogen (secondary N) is 2. The number of nitrogens with zero attached hydrogens (tertiary/aromatic N) is 1. The number of carbonyl (C=O) groups excluding carboxylic acids is 2. The summed E-state index contributed by atoms with van der Waals surface area (Å²) in [5.41, 5.74) is 0.861. The summed E-state index contributed by atoms with van der Waals surface area (Å²) in [7, 11) is 2.91. The quantitative estimate of drug-likeness (QED) is 0.523. The van der Waals surface area contributed by atoms with Crippen LogP contribution < -0.4 is 20.3 Å². The van der Waals surface area contributed by atoms with Crippen molar-refractivity contribution in [3.63, 3.8) is 0 Å². The van der Waals surface area contributed by atoms with Gasteiger partial charge in [0.1, 0.15) is 5.75 Å². The average Bonchev–Trinajstić information content (AvgIpc) is 2.83. The molecule has 0 unspecified atom stereocenters. The summed E-state index contributed by atoms with van der Waals surface area (Å²) in [5, 5.41) is 5.65. The van der Waals surface area contributed by atoms with E-state index in [4.69, 9.17) is 14.2 Å². The number of hydrogen-bond acceptors (Lipinski definition) is 5. The Labute approximate surface area is 212 Å². The van der Waals surface area contributed by atoms with Gasteiger partial charge in [0.05, 0.1) is 24.5 Å². The van der Waals surface area contributed by atoms with Crippen LogP contribution in [0.5, 0.6) is 5.75 Å². The third kappa shape index (κ3) is 5.42. The molecule has 0 bridgehead atoms. The zero-order valence-corrected chi connectivity index (χ0v) is 20.7. The molecule has 2 heterocycles. The molecule has 0 aliphatic carbocycles. The van der Waals surface area contributed by atoms with Crippen molar-refractivity contribution in [2.45, 2.75) is 31.7 Å². The number of alkyl halides is 3. The highest BCUT2D eigenvalue weighted by atomic mass is 19.4. The number of ether oxygens (including phenoxy) is 3. The summed E-state index contributed by atoms with van der Waals surface area (Å²) in [5.74, 6) is -0.479. The highest BCUT2D eigenvalue weighted by molar-refractivity contribution is 6.06. The summed E-state index contributed by atoms with van der Waals surface area (Å²) in [4.78, 5) is 26.9. The summed E-state index contributed by atoms with van der Waals surface area (Å²) < 4.78 is 56.8. The predicted octanol–water partition coefficient (Wildman–Crippen LogP) is 4.59. The number of carbonyl (C=O) groups is 2. The maximum Gasteiger partial charge on any atom is 0.416 e. The molecule has 0 aromatic heterocycles. The van der Waals surface area contributed by atoms with Crippen LogP contribution in [0, 0.1) is 0 Å². The van der Waals surface area contributed by atoms with Crippen LogP contribution in [-0.2, 0) is 27.0 Å². The zero-order chi connectivity index (χ0) is 26.8. The lowest BCUT2D eigenvalue weighted by Crippen LogP contribution is -2.47. The van der Waals surface area contributed by atoms with Gasteiger partial charge in [-0.1, -0.05) is 12.1 Å². The standard InChI is InChI=1S/C26H28F3N3O5/c1-4-32-21-7-5-6-20(19(21)13-30-24(32)34)31-23(33)10-16-12-25(14-35-2,15-36-3)37-22-11-17(26(27,28)29)8-9-18(16)22/h5-11H,4,12-15H2,1-3H3,(H,30,34)(H,31,33)/b16-10+. The molecule has 2 N–H and O–H groups in total. The molecule has 198 valence electrons. The molecule has 0 radical (unpaired) electrons. The van der Waals surface area contributed by atoms with Crippen molar-refractivity contribution in [2.75, 3.05) is 44.2 Å². The van der Waals surface area contributed by atoms with Crippen LogP contribution in [0.25, 0.3) is 5.57 Å². The van der Waals surface area contributed by atoms with Gasteiger partial charge in [-0.15, -0.1) is 0 Å². The molecule has 37 heavy (non-hydrogen) atoms. The maximum absolute atomic E-state index is 13.4. The molecule has 2 aliphatic heterocycles. The molecule has 2 aliphatic rings. The topological polar surface area (TPSA) is 89.1 Å². The Morgan fingerprint density at radius 1 is 1.22 bits per heavy atom. The highest BCUT2D eigenvalue weighted by Gasteiger charge is 2.41. The number of fused-ring (bicyclic) bond motifs is 2.